The fourth-order valence-electron chi connectivity index (χ4n) is 1.93. The van der Waals surface area contributed by atoms with E-state index in [1.54, 1.807) is 13.2 Å². The van der Waals surface area contributed by atoms with E-state index in [0.717, 1.165) is 27.3 Å². The lowest BCUT2D eigenvalue weighted by atomic mass is 10.2. The fourth-order valence-corrected chi connectivity index (χ4v) is 3.57. The molecular weight excluding hydrogens is 443 g/mol. The van der Waals surface area contributed by atoms with Crippen LogP contribution in [0.2, 0.25) is 0 Å². The molecule has 0 atom stereocenters. The number of rotatable bonds is 5. The van der Waals surface area contributed by atoms with E-state index in [9.17, 15) is 9.59 Å². The molecule has 0 saturated carbocycles. The van der Waals surface area contributed by atoms with Gasteiger partial charge in [0.2, 0.25) is 5.91 Å². The number of nitrogens with one attached hydrogen (secondary N) is 1. The van der Waals surface area contributed by atoms with Gasteiger partial charge in [-0.1, -0.05) is 6.92 Å². The molecule has 2 rings (SSSR count). The zero-order chi connectivity index (χ0) is 17.7. The standard InChI is InChI=1S/C16H17IN2O4S/c1-4-5-23-14-11(17)6-10(7-12(14)22-3)8-13-15(21)19-16(24-13)18-9(2)20/h6-8H,4-5H2,1-3H3,(H,18,19,20,21). The zero-order valence-electron chi connectivity index (χ0n) is 13.5. The Morgan fingerprint density at radius 2 is 2.21 bits per heavy atom. The van der Waals surface area contributed by atoms with E-state index < -0.39 is 0 Å². The van der Waals surface area contributed by atoms with Crippen LogP contribution in [0.25, 0.3) is 6.08 Å². The molecule has 6 nitrogen and oxygen atoms in total. The molecule has 1 aromatic carbocycles. The van der Waals surface area contributed by atoms with Gasteiger partial charge in [0.15, 0.2) is 16.7 Å². The summed E-state index contributed by atoms with van der Waals surface area (Å²) in [7, 11) is 1.58. The third-order valence-corrected chi connectivity index (χ3v) is 4.60. The Hall–Kier alpha value is -1.55. The minimum absolute atomic E-state index is 0.260. The van der Waals surface area contributed by atoms with Gasteiger partial charge < -0.3 is 14.8 Å². The van der Waals surface area contributed by atoms with E-state index in [4.69, 9.17) is 9.47 Å². The number of hydrogen-bond acceptors (Lipinski definition) is 5. The van der Waals surface area contributed by atoms with Gasteiger partial charge in [0.05, 0.1) is 22.2 Å². The maximum Gasteiger partial charge on any atom is 0.286 e. The first-order chi connectivity index (χ1) is 11.4. The summed E-state index contributed by atoms with van der Waals surface area (Å²) in [5.41, 5.74) is 0.801. The van der Waals surface area contributed by atoms with Gasteiger partial charge in [-0.15, -0.1) is 0 Å². The molecule has 0 bridgehead atoms. The molecule has 8 heteroatoms. The quantitative estimate of drug-likeness (QED) is 0.540. The first kappa shape index (κ1) is 18.8. The predicted molar refractivity (Wildman–Crippen MR) is 103 cm³/mol. The van der Waals surface area contributed by atoms with Crippen molar-refractivity contribution in [1.82, 2.24) is 5.32 Å². The number of benzene rings is 1. The number of amidine groups is 1. The van der Waals surface area contributed by atoms with Crippen LogP contribution in [0.1, 0.15) is 25.8 Å². The molecule has 1 aliphatic heterocycles. The summed E-state index contributed by atoms with van der Waals surface area (Å²) in [6.45, 7) is 4.01. The molecule has 1 aromatic rings. The largest absolute Gasteiger partial charge is 0.493 e. The Balaban J connectivity index is 2.26. The Labute approximate surface area is 158 Å². The van der Waals surface area contributed by atoms with Crippen molar-refractivity contribution >= 4 is 57.4 Å². The van der Waals surface area contributed by atoms with Crippen molar-refractivity contribution in [3.63, 3.8) is 0 Å². The summed E-state index contributed by atoms with van der Waals surface area (Å²) in [5, 5.41) is 2.82. The van der Waals surface area contributed by atoms with E-state index in [0.29, 0.717) is 28.2 Å². The topological polar surface area (TPSA) is 77.0 Å². The van der Waals surface area contributed by atoms with Crippen LogP contribution in [0.4, 0.5) is 0 Å². The maximum atomic E-state index is 11.9. The van der Waals surface area contributed by atoms with Crippen LogP contribution >= 0.6 is 34.4 Å². The molecular formula is C16H17IN2O4S. The summed E-state index contributed by atoms with van der Waals surface area (Å²) >= 11 is 3.31. The van der Waals surface area contributed by atoms with Crippen LogP contribution < -0.4 is 14.8 Å². The number of halogens is 1. The number of hydrogen-bond donors (Lipinski definition) is 1. The lowest BCUT2D eigenvalue weighted by molar-refractivity contribution is -0.117. The second-order valence-electron chi connectivity index (χ2n) is 4.90. The monoisotopic (exact) mass is 460 g/mol. The van der Waals surface area contributed by atoms with Crippen LogP contribution in [0.3, 0.4) is 0 Å². The lowest BCUT2D eigenvalue weighted by Crippen LogP contribution is -2.23. The third kappa shape index (κ3) is 4.73. The van der Waals surface area contributed by atoms with Gasteiger partial charge in [-0.05, 0) is 64.5 Å². The Morgan fingerprint density at radius 3 is 2.83 bits per heavy atom. The SMILES string of the molecule is CCCOc1c(I)cc(C=C2SC(NC(C)=O)=NC2=O)cc1OC. The fraction of sp³-hybridized carbons (Fsp3) is 0.312. The van der Waals surface area contributed by atoms with Crippen LogP contribution in [-0.4, -0.2) is 30.7 Å². The van der Waals surface area contributed by atoms with Crippen LogP contribution in [0, 0.1) is 3.57 Å². The highest BCUT2D eigenvalue weighted by Gasteiger charge is 2.23. The number of methoxy groups -OCH3 is 1. The molecule has 0 saturated heterocycles. The summed E-state index contributed by atoms with van der Waals surface area (Å²) in [6.07, 6.45) is 2.62. The van der Waals surface area contributed by atoms with Crippen molar-refractivity contribution in [2.45, 2.75) is 20.3 Å². The Bertz CT molecular complexity index is 731. The number of carbonyl (C=O) groups excluding carboxylic acids is 2. The minimum atomic E-state index is -0.371. The van der Waals surface area contributed by atoms with E-state index in [1.807, 2.05) is 19.1 Å². The predicted octanol–water partition coefficient (Wildman–Crippen LogP) is 3.20. The Kier molecular flexibility index (Phi) is 6.67. The smallest absolute Gasteiger partial charge is 0.286 e. The molecule has 2 amide bonds. The van der Waals surface area contributed by atoms with E-state index in [2.05, 4.69) is 32.9 Å². The van der Waals surface area contributed by atoms with Crippen molar-refractivity contribution in [2.24, 2.45) is 4.99 Å². The highest BCUT2D eigenvalue weighted by atomic mass is 127. The summed E-state index contributed by atoms with van der Waals surface area (Å²) in [6, 6.07) is 3.72. The zero-order valence-corrected chi connectivity index (χ0v) is 16.5. The molecule has 128 valence electrons. The summed E-state index contributed by atoms with van der Waals surface area (Å²) in [5.74, 6) is 0.677. The molecule has 0 aromatic heterocycles. The van der Waals surface area contributed by atoms with Gasteiger partial charge in [-0.2, -0.15) is 4.99 Å². The van der Waals surface area contributed by atoms with Gasteiger partial charge >= 0.3 is 0 Å². The molecule has 1 N–H and O–H groups in total. The molecule has 0 unspecified atom stereocenters. The van der Waals surface area contributed by atoms with Crippen molar-refractivity contribution < 1.29 is 19.1 Å². The first-order valence-electron chi connectivity index (χ1n) is 7.25. The second kappa shape index (κ2) is 8.52. The van der Waals surface area contributed by atoms with E-state index >= 15 is 0 Å². The Morgan fingerprint density at radius 1 is 1.46 bits per heavy atom. The van der Waals surface area contributed by atoms with Crippen molar-refractivity contribution in [1.29, 1.82) is 0 Å². The summed E-state index contributed by atoms with van der Waals surface area (Å²) < 4.78 is 12.0. The molecule has 24 heavy (non-hydrogen) atoms. The van der Waals surface area contributed by atoms with Gasteiger partial charge in [-0.3, -0.25) is 9.59 Å². The second-order valence-corrected chi connectivity index (χ2v) is 7.09. The van der Waals surface area contributed by atoms with Crippen molar-refractivity contribution in [3.05, 3.63) is 26.2 Å². The molecule has 0 spiro atoms. The number of thioether (sulfide) groups is 1. The van der Waals surface area contributed by atoms with Gasteiger partial charge in [0, 0.05) is 6.92 Å². The van der Waals surface area contributed by atoms with Gasteiger partial charge in [0.25, 0.3) is 5.91 Å². The number of nitrogens with zero attached hydrogens (tertiary/aromatic N) is 1. The molecule has 1 aliphatic rings. The highest BCUT2D eigenvalue weighted by molar-refractivity contribution is 14.1. The summed E-state index contributed by atoms with van der Waals surface area (Å²) in [4.78, 5) is 27.2. The lowest BCUT2D eigenvalue weighted by Gasteiger charge is -2.13. The average Bonchev–Trinajstić information content (AvgIpc) is 2.84. The average molecular weight is 460 g/mol. The molecule has 0 aliphatic carbocycles. The highest BCUT2D eigenvalue weighted by Crippen LogP contribution is 2.36. The maximum absolute atomic E-state index is 11.9. The number of carbonyl (C=O) groups is 2. The van der Waals surface area contributed by atoms with Gasteiger partial charge in [0.1, 0.15) is 0 Å². The van der Waals surface area contributed by atoms with Crippen LogP contribution in [-0.2, 0) is 9.59 Å². The normalized spacial score (nSPS) is 15.4. The van der Waals surface area contributed by atoms with E-state index in [-0.39, 0.29) is 11.8 Å². The van der Waals surface area contributed by atoms with E-state index in [1.165, 1.54) is 6.92 Å². The van der Waals surface area contributed by atoms with Crippen molar-refractivity contribution in [3.8, 4) is 11.5 Å². The molecule has 0 radical (unpaired) electrons. The van der Waals surface area contributed by atoms with Gasteiger partial charge in [-0.25, -0.2) is 0 Å². The third-order valence-electron chi connectivity index (χ3n) is 2.90. The first-order valence-corrected chi connectivity index (χ1v) is 9.14. The number of aliphatic imine (C=N–C) groups is 1. The molecule has 1 heterocycles. The number of amides is 2. The van der Waals surface area contributed by atoms with Crippen LogP contribution in [0.15, 0.2) is 22.0 Å². The number of ether oxygens (including phenoxy) is 2. The molecule has 0 fully saturated rings. The van der Waals surface area contributed by atoms with Crippen molar-refractivity contribution in [2.75, 3.05) is 13.7 Å². The minimum Gasteiger partial charge on any atom is -0.493 e. The van der Waals surface area contributed by atoms with Crippen LogP contribution in [0.5, 0.6) is 11.5 Å².